The Morgan fingerprint density at radius 1 is 1.17 bits per heavy atom. The number of benzene rings is 2. The maximum atomic E-state index is 10.8. The SMILES string of the molecule is O=C(CCCOc1cccc2ccccc12)NO. The molecule has 2 N–H and O–H groups in total. The topological polar surface area (TPSA) is 58.6 Å². The Bertz CT molecular complexity index is 534. The molecule has 2 aromatic carbocycles. The monoisotopic (exact) mass is 245 g/mol. The molecular weight excluding hydrogens is 230 g/mol. The van der Waals surface area contributed by atoms with Crippen molar-refractivity contribution < 1.29 is 14.7 Å². The summed E-state index contributed by atoms with van der Waals surface area (Å²) < 4.78 is 5.65. The van der Waals surface area contributed by atoms with Crippen molar-refractivity contribution in [2.45, 2.75) is 12.8 Å². The van der Waals surface area contributed by atoms with E-state index in [4.69, 9.17) is 9.94 Å². The van der Waals surface area contributed by atoms with Crippen LogP contribution in [0.1, 0.15) is 12.8 Å². The number of hydrogen-bond acceptors (Lipinski definition) is 3. The van der Waals surface area contributed by atoms with Crippen LogP contribution < -0.4 is 10.2 Å². The molecule has 94 valence electrons. The largest absolute Gasteiger partial charge is 0.493 e. The zero-order valence-electron chi connectivity index (χ0n) is 9.93. The minimum absolute atomic E-state index is 0.251. The maximum Gasteiger partial charge on any atom is 0.243 e. The molecule has 0 saturated heterocycles. The highest BCUT2D eigenvalue weighted by Crippen LogP contribution is 2.25. The predicted octanol–water partition coefficient (Wildman–Crippen LogP) is 2.50. The summed E-state index contributed by atoms with van der Waals surface area (Å²) in [6, 6.07) is 13.9. The van der Waals surface area contributed by atoms with E-state index in [-0.39, 0.29) is 6.42 Å². The van der Waals surface area contributed by atoms with E-state index in [0.29, 0.717) is 13.0 Å². The second-order valence-electron chi connectivity index (χ2n) is 3.96. The number of carbonyl (C=O) groups excluding carboxylic acids is 1. The van der Waals surface area contributed by atoms with Crippen LogP contribution in [0.5, 0.6) is 5.75 Å². The van der Waals surface area contributed by atoms with E-state index < -0.39 is 5.91 Å². The van der Waals surface area contributed by atoms with E-state index in [0.717, 1.165) is 16.5 Å². The van der Waals surface area contributed by atoms with Gasteiger partial charge in [0.1, 0.15) is 5.75 Å². The number of hydroxylamine groups is 1. The Hall–Kier alpha value is -2.07. The Morgan fingerprint density at radius 3 is 2.78 bits per heavy atom. The molecule has 0 aliphatic rings. The van der Waals surface area contributed by atoms with E-state index in [1.807, 2.05) is 42.5 Å². The molecule has 0 atom stereocenters. The summed E-state index contributed by atoms with van der Waals surface area (Å²) in [7, 11) is 0. The Kier molecular flexibility index (Phi) is 4.15. The number of carbonyl (C=O) groups is 1. The number of nitrogens with one attached hydrogen (secondary N) is 1. The van der Waals surface area contributed by atoms with Gasteiger partial charge in [-0.1, -0.05) is 36.4 Å². The summed E-state index contributed by atoms with van der Waals surface area (Å²) in [6.07, 6.45) is 0.816. The fraction of sp³-hybridized carbons (Fsp3) is 0.214. The van der Waals surface area contributed by atoms with Gasteiger partial charge in [0.15, 0.2) is 0 Å². The quantitative estimate of drug-likeness (QED) is 0.483. The van der Waals surface area contributed by atoms with E-state index in [1.54, 1.807) is 5.48 Å². The third-order valence-electron chi connectivity index (χ3n) is 2.68. The van der Waals surface area contributed by atoms with Crippen LogP contribution in [0.2, 0.25) is 0 Å². The van der Waals surface area contributed by atoms with Gasteiger partial charge in [-0.25, -0.2) is 5.48 Å². The molecule has 0 unspecified atom stereocenters. The Morgan fingerprint density at radius 2 is 1.94 bits per heavy atom. The van der Waals surface area contributed by atoms with Crippen LogP contribution in [0.15, 0.2) is 42.5 Å². The second kappa shape index (κ2) is 6.02. The molecule has 0 spiro atoms. The maximum absolute atomic E-state index is 10.8. The smallest absolute Gasteiger partial charge is 0.243 e. The van der Waals surface area contributed by atoms with Crippen molar-refractivity contribution in [2.75, 3.05) is 6.61 Å². The summed E-state index contributed by atoms with van der Waals surface area (Å²) in [5.41, 5.74) is 1.60. The van der Waals surface area contributed by atoms with Crippen molar-refractivity contribution in [3.05, 3.63) is 42.5 Å². The molecule has 0 aliphatic heterocycles. The Balaban J connectivity index is 1.97. The van der Waals surface area contributed by atoms with Gasteiger partial charge in [-0.05, 0) is 17.9 Å². The van der Waals surface area contributed by atoms with E-state index >= 15 is 0 Å². The van der Waals surface area contributed by atoms with Gasteiger partial charge in [-0.15, -0.1) is 0 Å². The molecule has 2 rings (SSSR count). The zero-order valence-corrected chi connectivity index (χ0v) is 9.93. The molecule has 0 aliphatic carbocycles. The molecule has 1 amide bonds. The normalized spacial score (nSPS) is 10.3. The van der Waals surface area contributed by atoms with Gasteiger partial charge in [-0.2, -0.15) is 0 Å². The summed E-state index contributed by atoms with van der Waals surface area (Å²) >= 11 is 0. The van der Waals surface area contributed by atoms with E-state index in [9.17, 15) is 4.79 Å². The first kappa shape index (κ1) is 12.4. The third-order valence-corrected chi connectivity index (χ3v) is 2.68. The van der Waals surface area contributed by atoms with Crippen LogP contribution >= 0.6 is 0 Å². The molecule has 4 heteroatoms. The van der Waals surface area contributed by atoms with Crippen molar-refractivity contribution in [1.82, 2.24) is 5.48 Å². The molecular formula is C14H15NO3. The van der Waals surface area contributed by atoms with Gasteiger partial charge in [-0.3, -0.25) is 10.0 Å². The average Bonchev–Trinajstić information content (AvgIpc) is 2.43. The summed E-state index contributed by atoms with van der Waals surface area (Å²) in [5, 5.41) is 10.5. The van der Waals surface area contributed by atoms with Crippen LogP contribution in [0.3, 0.4) is 0 Å². The highest BCUT2D eigenvalue weighted by molar-refractivity contribution is 5.88. The van der Waals surface area contributed by atoms with Gasteiger partial charge in [0.05, 0.1) is 6.61 Å². The first-order valence-electron chi connectivity index (χ1n) is 5.85. The number of hydrogen-bond donors (Lipinski definition) is 2. The van der Waals surface area contributed by atoms with Gasteiger partial charge in [0.25, 0.3) is 0 Å². The molecule has 0 aromatic heterocycles. The lowest BCUT2D eigenvalue weighted by Crippen LogP contribution is -2.18. The van der Waals surface area contributed by atoms with E-state index in [1.165, 1.54) is 0 Å². The van der Waals surface area contributed by atoms with Crippen molar-refractivity contribution in [2.24, 2.45) is 0 Å². The minimum Gasteiger partial charge on any atom is -0.493 e. The molecule has 0 bridgehead atoms. The minimum atomic E-state index is -0.392. The fourth-order valence-corrected chi connectivity index (χ4v) is 1.79. The van der Waals surface area contributed by atoms with E-state index in [2.05, 4.69) is 0 Å². The predicted molar refractivity (Wildman–Crippen MR) is 68.6 cm³/mol. The van der Waals surface area contributed by atoms with Crippen molar-refractivity contribution in [1.29, 1.82) is 0 Å². The summed E-state index contributed by atoms with van der Waals surface area (Å²) in [6.45, 7) is 0.446. The number of rotatable bonds is 5. The van der Waals surface area contributed by atoms with Gasteiger partial charge in [0.2, 0.25) is 5.91 Å². The standard InChI is InChI=1S/C14H15NO3/c16-14(15-17)9-4-10-18-13-8-3-6-11-5-1-2-7-12(11)13/h1-3,5-8,17H,4,9-10H2,(H,15,16). The van der Waals surface area contributed by atoms with Crippen LogP contribution in [0, 0.1) is 0 Å². The average molecular weight is 245 g/mol. The van der Waals surface area contributed by atoms with Gasteiger partial charge < -0.3 is 4.74 Å². The molecule has 4 nitrogen and oxygen atoms in total. The molecule has 0 fully saturated rings. The van der Waals surface area contributed by atoms with Crippen LogP contribution in [-0.2, 0) is 4.79 Å². The molecule has 0 saturated carbocycles. The number of ether oxygens (including phenoxy) is 1. The summed E-state index contributed by atoms with van der Waals surface area (Å²) in [4.78, 5) is 10.8. The zero-order chi connectivity index (χ0) is 12.8. The highest BCUT2D eigenvalue weighted by atomic mass is 16.5. The number of fused-ring (bicyclic) bond motifs is 1. The number of amides is 1. The molecule has 2 aromatic rings. The molecule has 18 heavy (non-hydrogen) atoms. The van der Waals surface area contributed by atoms with Gasteiger partial charge >= 0.3 is 0 Å². The van der Waals surface area contributed by atoms with Crippen molar-refractivity contribution >= 4 is 16.7 Å². The highest BCUT2D eigenvalue weighted by Gasteiger charge is 2.02. The lowest BCUT2D eigenvalue weighted by atomic mass is 10.1. The summed E-state index contributed by atoms with van der Waals surface area (Å²) in [5.74, 6) is 0.425. The second-order valence-corrected chi connectivity index (χ2v) is 3.96. The molecule has 0 radical (unpaired) electrons. The Labute approximate surface area is 105 Å². The van der Waals surface area contributed by atoms with Crippen LogP contribution in [-0.4, -0.2) is 17.7 Å². The van der Waals surface area contributed by atoms with Crippen LogP contribution in [0.25, 0.3) is 10.8 Å². The fourth-order valence-electron chi connectivity index (χ4n) is 1.79. The van der Waals surface area contributed by atoms with Crippen LogP contribution in [0.4, 0.5) is 0 Å². The first-order chi connectivity index (χ1) is 8.81. The molecule has 0 heterocycles. The lowest BCUT2D eigenvalue weighted by Gasteiger charge is -2.08. The van der Waals surface area contributed by atoms with Crippen molar-refractivity contribution in [3.63, 3.8) is 0 Å². The first-order valence-corrected chi connectivity index (χ1v) is 5.85. The lowest BCUT2D eigenvalue weighted by molar-refractivity contribution is -0.129. The van der Waals surface area contributed by atoms with Crippen molar-refractivity contribution in [3.8, 4) is 5.75 Å². The third kappa shape index (κ3) is 2.99. The van der Waals surface area contributed by atoms with Gasteiger partial charge in [0, 0.05) is 11.8 Å².